The Morgan fingerprint density at radius 2 is 1.70 bits per heavy atom. The van der Waals surface area contributed by atoms with Gasteiger partial charge in [0.1, 0.15) is 0 Å². The topological polar surface area (TPSA) is 44.8 Å². The van der Waals surface area contributed by atoms with Crippen molar-refractivity contribution >= 4 is 30.7 Å². The number of nitrogens with zero attached hydrogens (tertiary/aromatic N) is 3. The van der Waals surface area contributed by atoms with Crippen molar-refractivity contribution < 1.29 is 4.79 Å². The van der Waals surface area contributed by atoms with E-state index in [1.54, 1.807) is 0 Å². The van der Waals surface area contributed by atoms with E-state index in [9.17, 15) is 4.79 Å². The number of rotatable bonds is 1. The minimum atomic E-state index is -0.0370. The highest BCUT2D eigenvalue weighted by molar-refractivity contribution is 5.85. The van der Waals surface area contributed by atoms with E-state index in [-0.39, 0.29) is 36.6 Å². The predicted molar refractivity (Wildman–Crippen MR) is 41.0 cm³/mol. The first kappa shape index (κ1) is 12.3. The number of halogens is 2. The van der Waals surface area contributed by atoms with E-state index < -0.39 is 0 Å². The monoisotopic (exact) mass is 185 g/mol. The molecule has 1 aliphatic heterocycles. The maximum atomic E-state index is 10.6. The molecule has 0 unspecified atom stereocenters. The number of carbonyl (C=O) groups is 1. The van der Waals surface area contributed by atoms with Crippen molar-refractivity contribution in [1.29, 1.82) is 0 Å². The van der Waals surface area contributed by atoms with Crippen LogP contribution >= 0.6 is 24.8 Å². The number of hydrogen-bond acceptors (Lipinski definition) is 3. The lowest BCUT2D eigenvalue weighted by Crippen LogP contribution is -2.15. The van der Waals surface area contributed by atoms with Crippen molar-refractivity contribution in [2.75, 3.05) is 0 Å². The molecule has 0 aromatic carbocycles. The third-order valence-corrected chi connectivity index (χ3v) is 0.870. The van der Waals surface area contributed by atoms with Crippen molar-refractivity contribution in [1.82, 2.24) is 5.12 Å². The average molecular weight is 186 g/mol. The van der Waals surface area contributed by atoms with Crippen molar-refractivity contribution in [2.24, 2.45) is 16.4 Å². The Hall–Kier alpha value is -0.350. The van der Waals surface area contributed by atoms with Gasteiger partial charge >= 0.3 is 0 Å². The van der Waals surface area contributed by atoms with E-state index in [1.165, 1.54) is 0 Å². The molecule has 0 aliphatic carbocycles. The lowest BCUT2D eigenvalue weighted by Gasteiger charge is -1.96. The quantitative estimate of drug-likeness (QED) is 0.613. The first-order chi connectivity index (χ1) is 3.72. The molecule has 0 aromatic rings. The van der Waals surface area contributed by atoms with Crippen molar-refractivity contribution in [3.63, 3.8) is 0 Å². The molecule has 1 rings (SSSR count). The van der Waals surface area contributed by atoms with Gasteiger partial charge in [0.2, 0.25) is 0 Å². The Morgan fingerprint density at radius 1 is 1.30 bits per heavy atom. The lowest BCUT2D eigenvalue weighted by atomic mass is 10.2. The molecular weight excluding hydrogens is 177 g/mol. The summed E-state index contributed by atoms with van der Waals surface area (Å²) in [7, 11) is 0. The Labute approximate surface area is 71.4 Å². The summed E-state index contributed by atoms with van der Waals surface area (Å²) in [4.78, 5) is 10.6. The Morgan fingerprint density at radius 3 is 1.80 bits per heavy atom. The van der Waals surface area contributed by atoms with Crippen LogP contribution in [-0.4, -0.2) is 11.0 Å². The highest BCUT2D eigenvalue weighted by Crippen LogP contribution is 2.12. The molecule has 0 saturated carbocycles. The van der Waals surface area contributed by atoms with E-state index in [0.29, 0.717) is 0 Å². The summed E-state index contributed by atoms with van der Waals surface area (Å²) >= 11 is 0. The average Bonchev–Trinajstić information content (AvgIpc) is 2.43. The van der Waals surface area contributed by atoms with E-state index >= 15 is 0 Å². The van der Waals surface area contributed by atoms with Gasteiger partial charge in [-0.2, -0.15) is 0 Å². The van der Waals surface area contributed by atoms with E-state index in [4.69, 9.17) is 0 Å². The molecule has 0 atom stereocenters. The van der Waals surface area contributed by atoms with Crippen molar-refractivity contribution in [3.8, 4) is 0 Å². The Bertz CT molecular complexity index is 137. The second-order valence-electron chi connectivity index (χ2n) is 1.96. The van der Waals surface area contributed by atoms with Crippen LogP contribution < -0.4 is 0 Å². The molecule has 0 fully saturated rings. The maximum Gasteiger partial charge on any atom is 0.270 e. The molecular formula is C4H9Cl2N3O. The summed E-state index contributed by atoms with van der Waals surface area (Å²) in [5.74, 6) is -0.0324. The zero-order valence-electron chi connectivity index (χ0n) is 5.64. The zero-order valence-corrected chi connectivity index (χ0v) is 7.28. The number of carbonyl (C=O) groups excluding carboxylic acids is 1. The minimum Gasteiger partial charge on any atom is -0.270 e. The minimum absolute atomic E-state index is 0. The van der Waals surface area contributed by atoms with Crippen LogP contribution in [0.3, 0.4) is 0 Å². The van der Waals surface area contributed by atoms with Gasteiger partial charge in [-0.3, -0.25) is 4.79 Å². The van der Waals surface area contributed by atoms with Crippen LogP contribution in [0.5, 0.6) is 0 Å². The molecule has 1 amide bonds. The number of amides is 1. The predicted octanol–water partition coefficient (Wildman–Crippen LogP) is 1.61. The van der Waals surface area contributed by atoms with Crippen LogP contribution in [0.4, 0.5) is 0 Å². The standard InChI is InChI=1S/C4H7N3O.2ClH/c1-3(2)4(8)7-5-6-7;;/h3H,1-2H3;2*1H. The summed E-state index contributed by atoms with van der Waals surface area (Å²) in [5.41, 5.74) is 0. The second kappa shape index (κ2) is 4.46. The van der Waals surface area contributed by atoms with Gasteiger partial charge in [0.15, 0.2) is 0 Å². The summed E-state index contributed by atoms with van der Waals surface area (Å²) in [6.07, 6.45) is 0. The molecule has 0 bridgehead atoms. The molecule has 1 aliphatic rings. The molecule has 4 nitrogen and oxygen atoms in total. The molecule has 0 aromatic heterocycles. The largest absolute Gasteiger partial charge is 0.270 e. The highest BCUT2D eigenvalue weighted by atomic mass is 35.5. The molecule has 0 N–H and O–H groups in total. The lowest BCUT2D eigenvalue weighted by molar-refractivity contribution is -0.130. The van der Waals surface area contributed by atoms with Gasteiger partial charge in [-0.25, -0.2) is 0 Å². The van der Waals surface area contributed by atoms with Gasteiger partial charge in [-0.15, -0.1) is 24.8 Å². The molecule has 60 valence electrons. The fraction of sp³-hybridized carbons (Fsp3) is 0.750. The van der Waals surface area contributed by atoms with Crippen LogP contribution in [0, 0.1) is 5.92 Å². The fourth-order valence-corrected chi connectivity index (χ4v) is 0.339. The third kappa shape index (κ3) is 2.98. The summed E-state index contributed by atoms with van der Waals surface area (Å²) in [5, 5.41) is 7.77. The van der Waals surface area contributed by atoms with E-state index in [2.05, 4.69) is 10.4 Å². The molecule has 10 heavy (non-hydrogen) atoms. The van der Waals surface area contributed by atoms with Crippen LogP contribution in [0.2, 0.25) is 0 Å². The zero-order chi connectivity index (χ0) is 6.15. The smallest absolute Gasteiger partial charge is 0.270 e. The van der Waals surface area contributed by atoms with Gasteiger partial charge in [0.25, 0.3) is 5.91 Å². The van der Waals surface area contributed by atoms with Crippen LogP contribution in [0.1, 0.15) is 13.8 Å². The van der Waals surface area contributed by atoms with Gasteiger partial charge < -0.3 is 0 Å². The first-order valence-corrected chi connectivity index (χ1v) is 2.47. The fourth-order valence-electron chi connectivity index (χ4n) is 0.339. The Kier molecular flexibility index (Phi) is 5.51. The molecule has 6 heteroatoms. The van der Waals surface area contributed by atoms with E-state index in [1.807, 2.05) is 13.8 Å². The normalized spacial score (nSPS) is 12.1. The molecule has 1 heterocycles. The van der Waals surface area contributed by atoms with E-state index in [0.717, 1.165) is 5.12 Å². The Balaban J connectivity index is 0. The van der Waals surface area contributed by atoms with Gasteiger partial charge in [0.05, 0.1) is 0 Å². The van der Waals surface area contributed by atoms with Crippen molar-refractivity contribution in [3.05, 3.63) is 0 Å². The summed E-state index contributed by atoms with van der Waals surface area (Å²) in [6, 6.07) is 0. The SMILES string of the molecule is CC(C)C(=O)N1N=N1.Cl.Cl. The third-order valence-electron chi connectivity index (χ3n) is 0.870. The second-order valence-corrected chi connectivity index (χ2v) is 1.96. The number of hydrogen-bond donors (Lipinski definition) is 0. The van der Waals surface area contributed by atoms with Gasteiger partial charge in [-0.1, -0.05) is 19.0 Å². The highest BCUT2D eigenvalue weighted by Gasteiger charge is 2.23. The first-order valence-electron chi connectivity index (χ1n) is 2.47. The summed E-state index contributed by atoms with van der Waals surface area (Å²) in [6.45, 7) is 3.62. The maximum absolute atomic E-state index is 10.6. The molecule has 0 spiro atoms. The summed E-state index contributed by atoms with van der Waals surface area (Å²) < 4.78 is 0. The van der Waals surface area contributed by atoms with Gasteiger partial charge in [0, 0.05) is 5.92 Å². The van der Waals surface area contributed by atoms with Gasteiger partial charge in [-0.05, 0) is 10.4 Å². The molecule has 0 saturated heterocycles. The van der Waals surface area contributed by atoms with Crippen molar-refractivity contribution in [2.45, 2.75) is 13.8 Å². The van der Waals surface area contributed by atoms with Crippen LogP contribution in [-0.2, 0) is 4.79 Å². The molecule has 0 radical (unpaired) electrons. The van der Waals surface area contributed by atoms with Crippen LogP contribution in [0.15, 0.2) is 10.4 Å². The van der Waals surface area contributed by atoms with Crippen LogP contribution in [0.25, 0.3) is 0 Å².